The first-order valence-corrected chi connectivity index (χ1v) is 12.8. The van der Waals surface area contributed by atoms with Gasteiger partial charge in [0.2, 0.25) is 0 Å². The van der Waals surface area contributed by atoms with E-state index in [1.807, 2.05) is 18.3 Å². The van der Waals surface area contributed by atoms with Crippen LogP contribution in [0.25, 0.3) is 5.57 Å². The van der Waals surface area contributed by atoms with Crippen LogP contribution >= 0.6 is 0 Å². The van der Waals surface area contributed by atoms with Crippen molar-refractivity contribution in [2.45, 2.75) is 46.5 Å². The molecular weight excluding hydrogens is 436 g/mol. The third kappa shape index (κ3) is 6.71. The van der Waals surface area contributed by atoms with Crippen LogP contribution in [0.2, 0.25) is 0 Å². The lowest BCUT2D eigenvalue weighted by Gasteiger charge is -2.36. The molecule has 0 aliphatic carbocycles. The molecule has 0 spiro atoms. The zero-order valence-corrected chi connectivity index (χ0v) is 22.4. The van der Waals surface area contributed by atoms with Crippen molar-refractivity contribution in [3.63, 3.8) is 0 Å². The average molecular weight is 479 g/mol. The summed E-state index contributed by atoms with van der Waals surface area (Å²) in [6.07, 6.45) is 3.76. The first-order chi connectivity index (χ1) is 16.9. The largest absolute Gasteiger partial charge is 0.497 e. The molecule has 0 amide bonds. The summed E-state index contributed by atoms with van der Waals surface area (Å²) in [6.45, 7) is 18.6. The Morgan fingerprint density at radius 2 is 1.91 bits per heavy atom. The molecule has 0 saturated carbocycles. The summed E-state index contributed by atoms with van der Waals surface area (Å²) < 4.78 is 10.9. The highest BCUT2D eigenvalue weighted by Gasteiger charge is 2.22. The van der Waals surface area contributed by atoms with E-state index in [1.54, 1.807) is 14.2 Å². The normalized spacial score (nSPS) is 15.1. The zero-order chi connectivity index (χ0) is 25.4. The molecule has 1 fully saturated rings. The van der Waals surface area contributed by atoms with Gasteiger partial charge in [-0.05, 0) is 48.6 Å². The Morgan fingerprint density at radius 3 is 2.51 bits per heavy atom. The van der Waals surface area contributed by atoms with Gasteiger partial charge in [0.25, 0.3) is 0 Å². The number of allylic oxidation sites excluding steroid dienone is 1. The summed E-state index contributed by atoms with van der Waals surface area (Å²) in [6, 6.07) is 8.34. The predicted octanol–water partition coefficient (Wildman–Crippen LogP) is 5.94. The van der Waals surface area contributed by atoms with Crippen molar-refractivity contribution in [3.8, 4) is 5.75 Å². The smallest absolute Gasteiger partial charge is 0.137 e. The van der Waals surface area contributed by atoms with E-state index in [2.05, 4.69) is 56.2 Å². The fourth-order valence-electron chi connectivity index (χ4n) is 4.66. The van der Waals surface area contributed by atoms with Crippen LogP contribution in [0.3, 0.4) is 0 Å². The van der Waals surface area contributed by atoms with Gasteiger partial charge in [0.15, 0.2) is 0 Å². The van der Waals surface area contributed by atoms with Gasteiger partial charge in [-0.2, -0.15) is 0 Å². The number of ether oxygens (including phenoxy) is 2. The number of methoxy groups -OCH3 is 2. The molecular formula is C29H42N4O2. The number of pyridine rings is 1. The first kappa shape index (κ1) is 26.9. The molecule has 0 atom stereocenters. The highest BCUT2D eigenvalue weighted by Crippen LogP contribution is 2.38. The number of rotatable bonds is 11. The second kappa shape index (κ2) is 12.8. The fraction of sp³-hybridized carbons (Fsp3) is 0.517. The summed E-state index contributed by atoms with van der Waals surface area (Å²) in [5.74, 6) is 2.19. The molecule has 1 aliphatic rings. The van der Waals surface area contributed by atoms with Gasteiger partial charge in [-0.15, -0.1) is 0 Å². The molecule has 0 radical (unpaired) electrons. The Balaban J connectivity index is 2.04. The van der Waals surface area contributed by atoms with Crippen molar-refractivity contribution in [2.75, 3.05) is 58.5 Å². The highest BCUT2D eigenvalue weighted by molar-refractivity contribution is 6.06. The van der Waals surface area contributed by atoms with Crippen LogP contribution in [0.15, 0.2) is 42.0 Å². The predicted molar refractivity (Wildman–Crippen MR) is 148 cm³/mol. The lowest BCUT2D eigenvalue weighted by molar-refractivity contribution is 0.144. The topological polar surface area (TPSA) is 50.2 Å². The van der Waals surface area contributed by atoms with E-state index < -0.39 is 0 Å². The van der Waals surface area contributed by atoms with Crippen LogP contribution < -0.4 is 9.64 Å². The van der Waals surface area contributed by atoms with Gasteiger partial charge in [0.1, 0.15) is 11.6 Å². The molecule has 6 heteroatoms. The molecule has 35 heavy (non-hydrogen) atoms. The summed E-state index contributed by atoms with van der Waals surface area (Å²) in [5.41, 5.74) is 6.44. The summed E-state index contributed by atoms with van der Waals surface area (Å²) >= 11 is 0. The monoisotopic (exact) mass is 478 g/mol. The van der Waals surface area contributed by atoms with Crippen molar-refractivity contribution in [1.29, 1.82) is 0 Å². The van der Waals surface area contributed by atoms with Crippen LogP contribution in [0.4, 0.5) is 11.5 Å². The number of hydrogen-bond donors (Lipinski definition) is 0. The number of anilines is 1. The Labute approximate surface area is 211 Å². The average Bonchev–Trinajstić information content (AvgIpc) is 2.86. The number of hydrogen-bond acceptors (Lipinski definition) is 6. The minimum Gasteiger partial charge on any atom is -0.497 e. The van der Waals surface area contributed by atoms with E-state index >= 15 is 0 Å². The fourth-order valence-corrected chi connectivity index (χ4v) is 4.66. The van der Waals surface area contributed by atoms with Gasteiger partial charge in [-0.3, -0.25) is 9.89 Å². The lowest BCUT2D eigenvalue weighted by Crippen LogP contribution is -2.48. The van der Waals surface area contributed by atoms with E-state index in [4.69, 9.17) is 19.5 Å². The SMILES string of the molecule is C=C(C)c1c(N=C(CCC)c2cccnc2N2CCN(CCOC)CC2)cc(OC)cc1C(C)C. The summed E-state index contributed by atoms with van der Waals surface area (Å²) in [7, 11) is 3.47. The molecule has 0 bridgehead atoms. The Bertz CT molecular complexity index is 1020. The van der Waals surface area contributed by atoms with Gasteiger partial charge in [0, 0.05) is 63.2 Å². The van der Waals surface area contributed by atoms with Crippen LogP contribution in [0, 0.1) is 0 Å². The molecule has 1 aromatic carbocycles. The molecule has 3 rings (SSSR count). The lowest BCUT2D eigenvalue weighted by atomic mass is 9.91. The van der Waals surface area contributed by atoms with Crippen molar-refractivity contribution in [3.05, 3.63) is 53.7 Å². The second-order valence-electron chi connectivity index (χ2n) is 9.55. The summed E-state index contributed by atoms with van der Waals surface area (Å²) in [5, 5.41) is 0. The quantitative estimate of drug-likeness (QED) is 0.374. The van der Waals surface area contributed by atoms with Gasteiger partial charge < -0.3 is 14.4 Å². The zero-order valence-electron chi connectivity index (χ0n) is 22.4. The van der Waals surface area contributed by atoms with Gasteiger partial charge in [-0.25, -0.2) is 4.98 Å². The second-order valence-corrected chi connectivity index (χ2v) is 9.55. The molecule has 2 aromatic rings. The van der Waals surface area contributed by atoms with Crippen LogP contribution in [-0.4, -0.2) is 69.1 Å². The molecule has 1 saturated heterocycles. The standard InChI is InChI=1S/C29H42N4O2/c1-8-10-26(31-27-20-23(35-7)19-25(21(2)3)28(27)22(4)5)24-11-9-12-30-29(24)33-15-13-32(14-16-33)17-18-34-6/h9,11-12,19-21H,4,8,10,13-18H2,1-3,5-7H3. The van der Waals surface area contributed by atoms with Gasteiger partial charge >= 0.3 is 0 Å². The third-order valence-electron chi connectivity index (χ3n) is 6.53. The first-order valence-electron chi connectivity index (χ1n) is 12.8. The maximum atomic E-state index is 5.65. The third-order valence-corrected chi connectivity index (χ3v) is 6.53. The molecule has 190 valence electrons. The Kier molecular flexibility index (Phi) is 9.87. The Hall–Kier alpha value is -2.70. The van der Waals surface area contributed by atoms with Crippen molar-refractivity contribution in [2.24, 2.45) is 4.99 Å². The van der Waals surface area contributed by atoms with Crippen molar-refractivity contribution < 1.29 is 9.47 Å². The number of aliphatic imine (C=N–C) groups is 1. The minimum absolute atomic E-state index is 0.337. The van der Waals surface area contributed by atoms with Crippen molar-refractivity contribution >= 4 is 22.8 Å². The van der Waals surface area contributed by atoms with Crippen LogP contribution in [-0.2, 0) is 4.74 Å². The summed E-state index contributed by atoms with van der Waals surface area (Å²) in [4.78, 5) is 15.0. The molecule has 6 nitrogen and oxygen atoms in total. The Morgan fingerprint density at radius 1 is 1.17 bits per heavy atom. The van der Waals surface area contributed by atoms with Crippen molar-refractivity contribution in [1.82, 2.24) is 9.88 Å². The maximum absolute atomic E-state index is 5.65. The highest BCUT2D eigenvalue weighted by atomic mass is 16.5. The van der Waals surface area contributed by atoms with E-state index in [0.717, 1.165) is 91.8 Å². The molecule has 1 aliphatic heterocycles. The molecule has 2 heterocycles. The molecule has 0 N–H and O–H groups in total. The van der Waals surface area contributed by atoms with Gasteiger partial charge in [0.05, 0.1) is 25.1 Å². The number of benzene rings is 1. The minimum atomic E-state index is 0.337. The number of nitrogens with zero attached hydrogens (tertiary/aromatic N) is 4. The maximum Gasteiger partial charge on any atom is 0.137 e. The van der Waals surface area contributed by atoms with E-state index in [0.29, 0.717) is 5.92 Å². The van der Waals surface area contributed by atoms with Crippen LogP contribution in [0.1, 0.15) is 63.1 Å². The number of piperazine rings is 1. The van der Waals surface area contributed by atoms with E-state index in [1.165, 1.54) is 5.56 Å². The molecule has 0 unspecified atom stereocenters. The molecule has 1 aromatic heterocycles. The van der Waals surface area contributed by atoms with E-state index in [-0.39, 0.29) is 0 Å². The van der Waals surface area contributed by atoms with E-state index in [9.17, 15) is 0 Å². The van der Waals surface area contributed by atoms with Crippen LogP contribution in [0.5, 0.6) is 5.75 Å². The van der Waals surface area contributed by atoms with Gasteiger partial charge in [-0.1, -0.05) is 33.8 Å². The number of aromatic nitrogens is 1.